The number of aromatic nitrogens is 4. The second kappa shape index (κ2) is 7.78. The fraction of sp³-hybridized carbons (Fsp3) is 0.182. The van der Waals surface area contributed by atoms with E-state index < -0.39 is 0 Å². The van der Waals surface area contributed by atoms with Gasteiger partial charge in [-0.3, -0.25) is 0 Å². The molecule has 0 spiro atoms. The Bertz CT molecular complexity index is 1070. The normalized spacial score (nSPS) is 12.2. The Morgan fingerprint density at radius 1 is 1.04 bits per heavy atom. The summed E-state index contributed by atoms with van der Waals surface area (Å²) in [7, 11) is 0. The van der Waals surface area contributed by atoms with Gasteiger partial charge in [0.15, 0.2) is 0 Å². The number of halogens is 1. The zero-order chi connectivity index (χ0) is 19.5. The first-order chi connectivity index (χ1) is 13.6. The lowest BCUT2D eigenvalue weighted by molar-refractivity contribution is 0.571. The third-order valence-corrected chi connectivity index (χ3v) is 4.86. The molecule has 0 radical (unpaired) electrons. The summed E-state index contributed by atoms with van der Waals surface area (Å²) in [6, 6.07) is 16.8. The summed E-state index contributed by atoms with van der Waals surface area (Å²) in [6.07, 6.45) is 5.55. The van der Waals surface area contributed by atoms with Crippen LogP contribution in [0.1, 0.15) is 29.8 Å². The van der Waals surface area contributed by atoms with Crippen molar-refractivity contribution in [2.45, 2.75) is 26.4 Å². The van der Waals surface area contributed by atoms with Gasteiger partial charge in [-0.1, -0.05) is 18.2 Å². The largest absolute Gasteiger partial charge is 0.306 e. The fourth-order valence-corrected chi connectivity index (χ4v) is 3.33. The highest BCUT2D eigenvalue weighted by Gasteiger charge is 2.14. The van der Waals surface area contributed by atoms with E-state index in [1.54, 1.807) is 16.9 Å². The van der Waals surface area contributed by atoms with E-state index in [0.717, 1.165) is 29.2 Å². The molecular formula is C22H22FN5. The van der Waals surface area contributed by atoms with Crippen LogP contribution in [0.5, 0.6) is 0 Å². The number of hydrogen-bond donors (Lipinski definition) is 1. The fourth-order valence-electron chi connectivity index (χ4n) is 3.33. The van der Waals surface area contributed by atoms with Gasteiger partial charge in [0.2, 0.25) is 0 Å². The van der Waals surface area contributed by atoms with Crippen molar-refractivity contribution in [1.82, 2.24) is 24.9 Å². The molecule has 2 heterocycles. The van der Waals surface area contributed by atoms with Crippen LogP contribution in [0.4, 0.5) is 4.39 Å². The molecule has 4 aromatic rings. The molecule has 0 fully saturated rings. The summed E-state index contributed by atoms with van der Waals surface area (Å²) in [4.78, 5) is 0. The van der Waals surface area contributed by atoms with Crippen molar-refractivity contribution in [1.29, 1.82) is 0 Å². The molecule has 0 amide bonds. The maximum absolute atomic E-state index is 13.5. The minimum absolute atomic E-state index is 0.107. The average Bonchev–Trinajstić information content (AvgIpc) is 3.36. The molecular weight excluding hydrogens is 353 g/mol. The van der Waals surface area contributed by atoms with Crippen LogP contribution in [-0.4, -0.2) is 19.6 Å². The van der Waals surface area contributed by atoms with Gasteiger partial charge in [-0.15, -0.1) is 0 Å². The second-order valence-corrected chi connectivity index (χ2v) is 6.80. The van der Waals surface area contributed by atoms with E-state index in [4.69, 9.17) is 0 Å². The lowest BCUT2D eigenvalue weighted by Gasteiger charge is -2.15. The Balaban J connectivity index is 1.48. The van der Waals surface area contributed by atoms with Crippen molar-refractivity contribution in [3.63, 3.8) is 0 Å². The molecule has 0 aliphatic carbocycles. The van der Waals surface area contributed by atoms with Crippen molar-refractivity contribution in [3.8, 4) is 11.4 Å². The number of hydrogen-bond acceptors (Lipinski definition) is 3. The van der Waals surface area contributed by atoms with Gasteiger partial charge >= 0.3 is 0 Å². The van der Waals surface area contributed by atoms with E-state index in [-0.39, 0.29) is 11.9 Å². The number of nitrogens with one attached hydrogen (secondary N) is 1. The quantitative estimate of drug-likeness (QED) is 0.545. The van der Waals surface area contributed by atoms with Crippen LogP contribution < -0.4 is 5.32 Å². The summed E-state index contributed by atoms with van der Waals surface area (Å²) < 4.78 is 17.2. The summed E-state index contributed by atoms with van der Waals surface area (Å²) in [5.74, 6) is -0.266. The molecule has 2 aromatic carbocycles. The number of benzene rings is 2. The summed E-state index contributed by atoms with van der Waals surface area (Å²) in [6.45, 7) is 4.84. The summed E-state index contributed by atoms with van der Waals surface area (Å²) in [5.41, 5.74) is 5.02. The van der Waals surface area contributed by atoms with Gasteiger partial charge in [-0.05, 0) is 55.8 Å². The van der Waals surface area contributed by atoms with Gasteiger partial charge in [0, 0.05) is 36.2 Å². The minimum atomic E-state index is -0.266. The first-order valence-corrected chi connectivity index (χ1v) is 9.24. The first-order valence-electron chi connectivity index (χ1n) is 9.24. The number of nitrogens with zero attached hydrogens (tertiary/aromatic N) is 4. The van der Waals surface area contributed by atoms with Gasteiger partial charge in [-0.2, -0.15) is 10.2 Å². The predicted octanol–water partition coefficient (Wildman–Crippen LogP) is 4.36. The summed E-state index contributed by atoms with van der Waals surface area (Å²) >= 11 is 0. The second-order valence-electron chi connectivity index (χ2n) is 6.80. The SMILES string of the molecule is Cc1c([C@@H](C)NCc2cccc(-n3cccn3)c2)cnn1-c1cccc(F)c1. The van der Waals surface area contributed by atoms with Crippen LogP contribution in [0.3, 0.4) is 0 Å². The molecule has 6 heteroatoms. The molecule has 0 aliphatic rings. The van der Waals surface area contributed by atoms with Gasteiger partial charge < -0.3 is 5.32 Å². The lowest BCUT2D eigenvalue weighted by atomic mass is 10.1. The zero-order valence-electron chi connectivity index (χ0n) is 15.9. The predicted molar refractivity (Wildman–Crippen MR) is 107 cm³/mol. The molecule has 4 rings (SSSR count). The van der Waals surface area contributed by atoms with Gasteiger partial charge in [0.05, 0.1) is 17.6 Å². The maximum Gasteiger partial charge on any atom is 0.125 e. The Hall–Kier alpha value is -3.25. The molecule has 1 atom stereocenters. The molecule has 0 unspecified atom stereocenters. The van der Waals surface area contributed by atoms with Crippen molar-refractivity contribution in [2.75, 3.05) is 0 Å². The Morgan fingerprint density at radius 2 is 1.86 bits per heavy atom. The van der Waals surface area contributed by atoms with Crippen LogP contribution in [0.2, 0.25) is 0 Å². The minimum Gasteiger partial charge on any atom is -0.306 e. The van der Waals surface area contributed by atoms with Crippen LogP contribution in [-0.2, 0) is 6.54 Å². The van der Waals surface area contributed by atoms with Crippen LogP contribution in [0, 0.1) is 12.7 Å². The Kier molecular flexibility index (Phi) is 5.04. The molecule has 1 N–H and O–H groups in total. The third-order valence-electron chi connectivity index (χ3n) is 4.86. The van der Waals surface area contributed by atoms with E-state index in [9.17, 15) is 4.39 Å². The van der Waals surface area contributed by atoms with Crippen molar-refractivity contribution < 1.29 is 4.39 Å². The van der Waals surface area contributed by atoms with Gasteiger partial charge in [-0.25, -0.2) is 13.8 Å². The topological polar surface area (TPSA) is 47.7 Å². The molecule has 0 saturated carbocycles. The standard InChI is InChI=1S/C22H22FN5/c1-16(22-15-26-28(17(22)2)21-9-4-7-19(23)13-21)24-14-18-6-3-8-20(12-18)27-11-5-10-25-27/h3-13,15-16,24H,14H2,1-2H3/t16-/m1/s1. The molecule has 5 nitrogen and oxygen atoms in total. The Morgan fingerprint density at radius 3 is 2.64 bits per heavy atom. The van der Waals surface area contributed by atoms with Gasteiger partial charge in [0.1, 0.15) is 5.82 Å². The molecule has 0 aliphatic heterocycles. The van der Waals surface area contributed by atoms with Crippen LogP contribution in [0.25, 0.3) is 11.4 Å². The first kappa shape index (κ1) is 18.1. The highest BCUT2D eigenvalue weighted by molar-refractivity contribution is 5.37. The van der Waals surface area contributed by atoms with Gasteiger partial charge in [0.25, 0.3) is 0 Å². The number of rotatable bonds is 6. The monoisotopic (exact) mass is 375 g/mol. The van der Waals surface area contributed by atoms with E-state index in [2.05, 4.69) is 34.6 Å². The lowest BCUT2D eigenvalue weighted by Crippen LogP contribution is -2.18. The van der Waals surface area contributed by atoms with Crippen molar-refractivity contribution in [3.05, 3.63) is 95.8 Å². The molecule has 142 valence electrons. The summed E-state index contributed by atoms with van der Waals surface area (Å²) in [5, 5.41) is 12.3. The zero-order valence-corrected chi connectivity index (χ0v) is 15.9. The third kappa shape index (κ3) is 3.73. The van der Waals surface area contributed by atoms with Crippen molar-refractivity contribution >= 4 is 0 Å². The van der Waals surface area contributed by atoms with E-state index >= 15 is 0 Å². The smallest absolute Gasteiger partial charge is 0.125 e. The Labute approximate surface area is 163 Å². The van der Waals surface area contributed by atoms with Crippen LogP contribution >= 0.6 is 0 Å². The van der Waals surface area contributed by atoms with Crippen molar-refractivity contribution in [2.24, 2.45) is 0 Å². The highest BCUT2D eigenvalue weighted by Crippen LogP contribution is 2.21. The molecule has 0 bridgehead atoms. The highest BCUT2D eigenvalue weighted by atomic mass is 19.1. The van der Waals surface area contributed by atoms with Crippen LogP contribution in [0.15, 0.2) is 73.2 Å². The molecule has 28 heavy (non-hydrogen) atoms. The van der Waals surface area contributed by atoms with E-state index in [0.29, 0.717) is 0 Å². The van der Waals surface area contributed by atoms with E-state index in [1.807, 2.05) is 48.3 Å². The molecule has 0 saturated heterocycles. The maximum atomic E-state index is 13.5. The average molecular weight is 375 g/mol. The van der Waals surface area contributed by atoms with E-state index in [1.165, 1.54) is 17.7 Å². The molecule has 2 aromatic heterocycles.